The second-order valence-corrected chi connectivity index (χ2v) is 12.8. The van der Waals surface area contributed by atoms with Crippen LogP contribution < -0.4 is 15.0 Å². The van der Waals surface area contributed by atoms with Crippen molar-refractivity contribution < 1.29 is 25.3 Å². The zero-order valence-corrected chi connectivity index (χ0v) is 17.7. The van der Waals surface area contributed by atoms with Crippen molar-refractivity contribution in [3.05, 3.63) is 28.6 Å². The fourth-order valence-electron chi connectivity index (χ4n) is 1.75. The highest BCUT2D eigenvalue weighted by Gasteiger charge is 2.22. The van der Waals surface area contributed by atoms with Crippen molar-refractivity contribution in [2.45, 2.75) is 18.9 Å². The first kappa shape index (κ1) is 21.4. The maximum absolute atomic E-state index is 11.7. The number of nitrogens with two attached hydrogens (primary N) is 2. The van der Waals surface area contributed by atoms with Crippen molar-refractivity contribution in [2.24, 2.45) is 10.3 Å². The van der Waals surface area contributed by atoms with Crippen LogP contribution in [-0.2, 0) is 30.1 Å². The summed E-state index contributed by atoms with van der Waals surface area (Å²) in [6.07, 6.45) is 0.910. The average molecular weight is 478 g/mol. The number of hydrogen-bond donors (Lipinski definition) is 3. The Kier molecular flexibility index (Phi) is 5.99. The van der Waals surface area contributed by atoms with Gasteiger partial charge >= 0.3 is 0 Å². The highest BCUT2D eigenvalue weighted by atomic mass is 35.5. The summed E-state index contributed by atoms with van der Waals surface area (Å²) < 4.78 is 72.0. The molecule has 2 rings (SSSR count). The van der Waals surface area contributed by atoms with E-state index in [2.05, 4.69) is 4.72 Å². The summed E-state index contributed by atoms with van der Waals surface area (Å²) in [4.78, 5) is -0.437. The van der Waals surface area contributed by atoms with Crippen LogP contribution in [-0.4, -0.2) is 31.5 Å². The molecule has 0 unspecified atom stereocenters. The molecule has 0 saturated heterocycles. The number of primary sulfonamides is 2. The molecular weight excluding hydrogens is 466 g/mol. The molecule has 15 heteroatoms. The molecule has 0 fully saturated rings. The zero-order chi connectivity index (χ0) is 19.9. The van der Waals surface area contributed by atoms with E-state index in [1.807, 2.05) is 0 Å². The number of rotatable bonds is 6. The quantitative estimate of drug-likeness (QED) is 0.562. The molecule has 1 heterocycles. The van der Waals surface area contributed by atoms with Crippen molar-refractivity contribution in [1.82, 2.24) is 0 Å². The number of benzene rings is 1. The highest BCUT2D eigenvalue weighted by Crippen LogP contribution is 2.43. The lowest BCUT2D eigenvalue weighted by Crippen LogP contribution is -2.14. The summed E-state index contributed by atoms with van der Waals surface area (Å²) in [7, 11) is -11.8. The largest absolute Gasteiger partial charge is 0.283 e. The van der Waals surface area contributed by atoms with Gasteiger partial charge in [-0.15, -0.1) is 11.3 Å². The van der Waals surface area contributed by atoms with E-state index in [-0.39, 0.29) is 28.9 Å². The van der Waals surface area contributed by atoms with Crippen molar-refractivity contribution in [1.29, 1.82) is 0 Å². The summed E-state index contributed by atoms with van der Waals surface area (Å²) in [5.74, 6) is 0. The SMILES string of the molecule is CS(=O)(=O)Nc1ccc(S(N)(=O)=O)cc1Sc1sc(Cl)cc1S(N)(=O)=O. The first-order valence-corrected chi connectivity index (χ1v) is 13.3. The maximum atomic E-state index is 11.7. The van der Waals surface area contributed by atoms with Crippen molar-refractivity contribution >= 4 is 70.5 Å². The Hall–Kier alpha value is -0.870. The zero-order valence-electron chi connectivity index (χ0n) is 12.8. The van der Waals surface area contributed by atoms with Crippen LogP contribution in [0.4, 0.5) is 5.69 Å². The average Bonchev–Trinajstić information content (AvgIpc) is 2.79. The molecule has 0 radical (unpaired) electrons. The lowest BCUT2D eigenvalue weighted by Gasteiger charge is -2.12. The van der Waals surface area contributed by atoms with Gasteiger partial charge in [-0.25, -0.2) is 35.5 Å². The van der Waals surface area contributed by atoms with E-state index in [4.69, 9.17) is 21.9 Å². The van der Waals surface area contributed by atoms with Crippen molar-refractivity contribution in [3.8, 4) is 0 Å². The number of nitrogens with one attached hydrogen (secondary N) is 1. The monoisotopic (exact) mass is 477 g/mol. The Morgan fingerprint density at radius 3 is 2.15 bits per heavy atom. The lowest BCUT2D eigenvalue weighted by atomic mass is 10.3. The standard InChI is InChI=1S/C11H12ClN3O6S5/c1-24(16,17)15-7-3-2-6(25(13,18)19)4-8(7)22-11-9(26(14,20)21)5-10(12)23-11/h2-5,15H,1H3,(H2,13,18,19)(H2,14,20,21). The van der Waals surface area contributed by atoms with E-state index >= 15 is 0 Å². The Labute approximate surface area is 163 Å². The molecule has 26 heavy (non-hydrogen) atoms. The molecule has 0 atom stereocenters. The Morgan fingerprint density at radius 2 is 1.65 bits per heavy atom. The van der Waals surface area contributed by atoms with Gasteiger partial charge in [0.1, 0.15) is 4.90 Å². The van der Waals surface area contributed by atoms with E-state index in [9.17, 15) is 25.3 Å². The van der Waals surface area contributed by atoms with Gasteiger partial charge in [-0.2, -0.15) is 0 Å². The molecule has 1 aromatic carbocycles. The molecular formula is C11H12ClN3O6S5. The molecule has 0 aliphatic heterocycles. The second-order valence-electron chi connectivity index (χ2n) is 4.93. The minimum absolute atomic E-state index is 0.0368. The minimum atomic E-state index is -4.10. The molecule has 1 aromatic heterocycles. The number of sulfonamides is 3. The fourth-order valence-corrected chi connectivity index (χ4v) is 7.08. The van der Waals surface area contributed by atoms with E-state index in [1.54, 1.807) is 0 Å². The van der Waals surface area contributed by atoms with E-state index < -0.39 is 30.1 Å². The molecule has 144 valence electrons. The third-order valence-electron chi connectivity index (χ3n) is 2.72. The topological polar surface area (TPSA) is 166 Å². The summed E-state index contributed by atoms with van der Waals surface area (Å²) >= 11 is 7.52. The predicted octanol–water partition coefficient (Wildman–Crippen LogP) is 1.22. The maximum Gasteiger partial charge on any atom is 0.240 e. The predicted molar refractivity (Wildman–Crippen MR) is 101 cm³/mol. The van der Waals surface area contributed by atoms with Crippen LogP contribution >= 0.6 is 34.7 Å². The number of anilines is 1. The van der Waals surface area contributed by atoms with Crippen LogP contribution in [0.15, 0.2) is 43.2 Å². The van der Waals surface area contributed by atoms with E-state index in [0.717, 1.165) is 47.6 Å². The van der Waals surface area contributed by atoms with Gasteiger partial charge in [0.15, 0.2) is 0 Å². The first-order valence-electron chi connectivity index (χ1n) is 6.31. The second kappa shape index (κ2) is 7.27. The molecule has 5 N–H and O–H groups in total. The van der Waals surface area contributed by atoms with Gasteiger partial charge in [0.05, 0.1) is 25.4 Å². The van der Waals surface area contributed by atoms with Crippen LogP contribution in [0.25, 0.3) is 0 Å². The Bertz CT molecular complexity index is 1170. The molecule has 0 aliphatic rings. The van der Waals surface area contributed by atoms with Gasteiger partial charge in [0.2, 0.25) is 30.1 Å². The molecule has 0 aliphatic carbocycles. The summed E-state index contributed by atoms with van der Waals surface area (Å²) in [6, 6.07) is 4.59. The normalized spacial score (nSPS) is 12.9. The summed E-state index contributed by atoms with van der Waals surface area (Å²) in [5.41, 5.74) is 0.0368. The number of halogens is 1. The van der Waals surface area contributed by atoms with Crippen molar-refractivity contribution in [3.63, 3.8) is 0 Å². The summed E-state index contributed by atoms with van der Waals surface area (Å²) in [5, 5.41) is 10.2. The number of thiophene rings is 1. The third-order valence-corrected chi connectivity index (χ3v) is 7.94. The third kappa shape index (κ3) is 5.56. The number of hydrogen-bond acceptors (Lipinski definition) is 8. The minimum Gasteiger partial charge on any atom is -0.283 e. The molecule has 0 spiro atoms. The van der Waals surface area contributed by atoms with Gasteiger partial charge in [-0.3, -0.25) is 4.72 Å². The van der Waals surface area contributed by atoms with E-state index in [1.165, 1.54) is 6.07 Å². The van der Waals surface area contributed by atoms with E-state index in [0.29, 0.717) is 0 Å². The van der Waals surface area contributed by atoms with Gasteiger partial charge < -0.3 is 0 Å². The van der Waals surface area contributed by atoms with Crippen LogP contribution in [0.5, 0.6) is 0 Å². The molecule has 0 saturated carbocycles. The Balaban J connectivity index is 2.64. The van der Waals surface area contributed by atoms with Crippen LogP contribution in [0.3, 0.4) is 0 Å². The first-order chi connectivity index (χ1) is 11.7. The van der Waals surface area contributed by atoms with Gasteiger partial charge in [-0.1, -0.05) is 23.4 Å². The van der Waals surface area contributed by atoms with Crippen LogP contribution in [0.2, 0.25) is 4.34 Å². The van der Waals surface area contributed by atoms with Crippen LogP contribution in [0, 0.1) is 0 Å². The van der Waals surface area contributed by atoms with Crippen LogP contribution in [0.1, 0.15) is 0 Å². The Morgan fingerprint density at radius 1 is 1.04 bits per heavy atom. The fraction of sp³-hybridized carbons (Fsp3) is 0.0909. The van der Waals surface area contributed by atoms with Gasteiger partial charge in [-0.05, 0) is 24.3 Å². The molecule has 2 aromatic rings. The van der Waals surface area contributed by atoms with Gasteiger partial charge in [0.25, 0.3) is 0 Å². The molecule has 0 amide bonds. The summed E-state index contributed by atoms with van der Waals surface area (Å²) in [6.45, 7) is 0. The van der Waals surface area contributed by atoms with Crippen molar-refractivity contribution in [2.75, 3.05) is 11.0 Å². The highest BCUT2D eigenvalue weighted by molar-refractivity contribution is 8.02. The lowest BCUT2D eigenvalue weighted by molar-refractivity contribution is 0.595. The smallest absolute Gasteiger partial charge is 0.240 e. The van der Waals surface area contributed by atoms with Gasteiger partial charge in [0, 0.05) is 4.90 Å². The molecule has 0 bridgehead atoms. The molecule has 9 nitrogen and oxygen atoms in total.